The number of pyridine rings is 1. The van der Waals surface area contributed by atoms with Gasteiger partial charge in [-0.3, -0.25) is 14.7 Å². The fourth-order valence-electron chi connectivity index (χ4n) is 2.16. The molecule has 0 radical (unpaired) electrons. The van der Waals surface area contributed by atoms with Gasteiger partial charge < -0.3 is 5.73 Å². The Hall–Kier alpha value is -1.79. The molecular weight excluding hydrogens is 260 g/mol. The summed E-state index contributed by atoms with van der Waals surface area (Å²) in [6, 6.07) is 3.83. The van der Waals surface area contributed by atoms with Crippen molar-refractivity contribution in [3.63, 3.8) is 0 Å². The zero-order valence-corrected chi connectivity index (χ0v) is 11.1. The minimum atomic E-state index is 0.113. The molecule has 0 aliphatic carbocycles. The Morgan fingerprint density at radius 1 is 1.53 bits per heavy atom. The van der Waals surface area contributed by atoms with E-state index in [1.165, 1.54) is 11.3 Å². The molecule has 0 spiro atoms. The maximum absolute atomic E-state index is 11.9. The van der Waals surface area contributed by atoms with Crippen LogP contribution in [0.4, 0.5) is 5.13 Å². The van der Waals surface area contributed by atoms with Crippen LogP contribution in [0.15, 0.2) is 29.9 Å². The molecule has 1 atom stereocenters. The first-order valence-electron chi connectivity index (χ1n) is 6.14. The molecule has 3 rings (SSSR count). The minimum Gasteiger partial charge on any atom is -0.330 e. The predicted molar refractivity (Wildman–Crippen MR) is 74.9 cm³/mol. The molecule has 5 nitrogen and oxygen atoms in total. The largest absolute Gasteiger partial charge is 0.330 e. The molecule has 1 saturated heterocycles. The van der Waals surface area contributed by atoms with Crippen molar-refractivity contribution in [1.82, 2.24) is 9.97 Å². The molecule has 1 fully saturated rings. The maximum Gasteiger partial charge on any atom is 0.229 e. The quantitative estimate of drug-likeness (QED) is 0.921. The van der Waals surface area contributed by atoms with Crippen LogP contribution in [-0.4, -0.2) is 29.0 Å². The zero-order chi connectivity index (χ0) is 13.2. The van der Waals surface area contributed by atoms with Crippen molar-refractivity contribution < 1.29 is 4.79 Å². The summed E-state index contributed by atoms with van der Waals surface area (Å²) in [6.07, 6.45) is 4.03. The summed E-state index contributed by atoms with van der Waals surface area (Å²) in [5.41, 5.74) is 7.45. The number of anilines is 1. The molecule has 1 aliphatic rings. The average Bonchev–Trinajstić information content (AvgIpc) is 3.06. The standard InChI is InChI=1S/C13H14N4OS/c14-5-9-4-12(18)17(7-9)13-16-11(8-19-13)10-2-1-3-15-6-10/h1-3,6,8-9H,4-5,7,14H2. The number of carbonyl (C=O) groups excluding carboxylic acids is 1. The fraction of sp³-hybridized carbons (Fsp3) is 0.308. The Balaban J connectivity index is 1.84. The molecule has 0 bridgehead atoms. The Morgan fingerprint density at radius 3 is 3.11 bits per heavy atom. The minimum absolute atomic E-state index is 0.113. The summed E-state index contributed by atoms with van der Waals surface area (Å²) in [7, 11) is 0. The summed E-state index contributed by atoms with van der Waals surface area (Å²) < 4.78 is 0. The molecule has 98 valence electrons. The summed E-state index contributed by atoms with van der Waals surface area (Å²) in [6.45, 7) is 1.22. The van der Waals surface area contributed by atoms with E-state index in [1.54, 1.807) is 17.3 Å². The lowest BCUT2D eigenvalue weighted by atomic mass is 10.1. The Labute approximate surface area is 115 Å². The molecule has 0 saturated carbocycles. The van der Waals surface area contributed by atoms with Crippen LogP contribution in [0.1, 0.15) is 6.42 Å². The smallest absolute Gasteiger partial charge is 0.229 e. The number of thiazole rings is 1. The number of nitrogens with two attached hydrogens (primary N) is 1. The van der Waals surface area contributed by atoms with Crippen LogP contribution in [0.25, 0.3) is 11.3 Å². The van der Waals surface area contributed by atoms with Crippen LogP contribution >= 0.6 is 11.3 Å². The van der Waals surface area contributed by atoms with E-state index in [-0.39, 0.29) is 11.8 Å². The average molecular weight is 274 g/mol. The number of hydrogen-bond acceptors (Lipinski definition) is 5. The summed E-state index contributed by atoms with van der Waals surface area (Å²) in [5.74, 6) is 0.362. The zero-order valence-electron chi connectivity index (χ0n) is 10.3. The molecule has 2 N–H and O–H groups in total. The molecule has 0 aromatic carbocycles. The Morgan fingerprint density at radius 2 is 2.42 bits per heavy atom. The fourth-order valence-corrected chi connectivity index (χ4v) is 3.02. The van der Waals surface area contributed by atoms with Crippen LogP contribution in [0.5, 0.6) is 0 Å². The van der Waals surface area contributed by atoms with Crippen LogP contribution in [-0.2, 0) is 4.79 Å². The van der Waals surface area contributed by atoms with E-state index < -0.39 is 0 Å². The summed E-state index contributed by atoms with van der Waals surface area (Å²) >= 11 is 1.48. The normalized spacial score (nSPS) is 19.1. The first kappa shape index (κ1) is 12.3. The van der Waals surface area contributed by atoms with E-state index in [1.807, 2.05) is 17.5 Å². The molecule has 2 aromatic rings. The van der Waals surface area contributed by atoms with Crippen molar-refractivity contribution in [1.29, 1.82) is 0 Å². The van der Waals surface area contributed by atoms with Crippen LogP contribution in [0.2, 0.25) is 0 Å². The monoisotopic (exact) mass is 274 g/mol. The van der Waals surface area contributed by atoms with Gasteiger partial charge in [0.1, 0.15) is 0 Å². The molecular formula is C13H14N4OS. The lowest BCUT2D eigenvalue weighted by Gasteiger charge is -2.11. The predicted octanol–water partition coefficient (Wildman–Crippen LogP) is 1.52. The summed E-state index contributed by atoms with van der Waals surface area (Å²) in [5, 5.41) is 2.70. The van der Waals surface area contributed by atoms with Gasteiger partial charge in [-0.15, -0.1) is 11.3 Å². The van der Waals surface area contributed by atoms with Gasteiger partial charge in [0.15, 0.2) is 5.13 Å². The lowest BCUT2D eigenvalue weighted by molar-refractivity contribution is -0.117. The third-order valence-electron chi connectivity index (χ3n) is 3.22. The van der Waals surface area contributed by atoms with Crippen molar-refractivity contribution in [2.24, 2.45) is 11.7 Å². The number of rotatable bonds is 3. The second-order valence-electron chi connectivity index (χ2n) is 4.57. The van der Waals surface area contributed by atoms with E-state index in [9.17, 15) is 4.79 Å². The molecule has 1 unspecified atom stereocenters. The highest BCUT2D eigenvalue weighted by atomic mass is 32.1. The van der Waals surface area contributed by atoms with Gasteiger partial charge in [0.05, 0.1) is 5.69 Å². The van der Waals surface area contributed by atoms with E-state index in [4.69, 9.17) is 5.73 Å². The van der Waals surface area contributed by atoms with Crippen LogP contribution < -0.4 is 10.6 Å². The number of amides is 1. The van der Waals surface area contributed by atoms with Gasteiger partial charge in [-0.05, 0) is 24.6 Å². The van der Waals surface area contributed by atoms with Gasteiger partial charge in [-0.1, -0.05) is 0 Å². The second kappa shape index (κ2) is 5.07. The molecule has 2 aromatic heterocycles. The Bertz CT molecular complexity index is 583. The van der Waals surface area contributed by atoms with Gasteiger partial charge in [0.2, 0.25) is 5.91 Å². The number of hydrogen-bond donors (Lipinski definition) is 1. The molecule has 19 heavy (non-hydrogen) atoms. The van der Waals surface area contributed by atoms with Gasteiger partial charge in [-0.25, -0.2) is 4.98 Å². The van der Waals surface area contributed by atoms with Crippen molar-refractivity contribution in [2.45, 2.75) is 6.42 Å². The Kier molecular flexibility index (Phi) is 3.27. The van der Waals surface area contributed by atoms with Gasteiger partial charge in [-0.2, -0.15) is 0 Å². The lowest BCUT2D eigenvalue weighted by Crippen LogP contribution is -2.25. The third-order valence-corrected chi connectivity index (χ3v) is 4.08. The molecule has 6 heteroatoms. The first-order valence-corrected chi connectivity index (χ1v) is 7.02. The van der Waals surface area contributed by atoms with Crippen LogP contribution in [0.3, 0.4) is 0 Å². The maximum atomic E-state index is 11.9. The van der Waals surface area contributed by atoms with Crippen molar-refractivity contribution >= 4 is 22.4 Å². The van der Waals surface area contributed by atoms with Crippen molar-refractivity contribution in [2.75, 3.05) is 18.0 Å². The molecule has 3 heterocycles. The highest BCUT2D eigenvalue weighted by Crippen LogP contribution is 2.30. The van der Waals surface area contributed by atoms with E-state index in [2.05, 4.69) is 9.97 Å². The van der Waals surface area contributed by atoms with Gasteiger partial charge in [0, 0.05) is 36.3 Å². The molecule has 1 aliphatic heterocycles. The van der Waals surface area contributed by atoms with Crippen molar-refractivity contribution in [3.8, 4) is 11.3 Å². The second-order valence-corrected chi connectivity index (χ2v) is 5.40. The SMILES string of the molecule is NCC1CC(=O)N(c2nc(-c3cccnc3)cs2)C1. The number of aromatic nitrogens is 2. The van der Waals surface area contributed by atoms with E-state index >= 15 is 0 Å². The van der Waals surface area contributed by atoms with Crippen molar-refractivity contribution in [3.05, 3.63) is 29.9 Å². The van der Waals surface area contributed by atoms with Gasteiger partial charge >= 0.3 is 0 Å². The number of nitrogens with zero attached hydrogens (tertiary/aromatic N) is 3. The van der Waals surface area contributed by atoms with Crippen LogP contribution in [0, 0.1) is 5.92 Å². The van der Waals surface area contributed by atoms with E-state index in [0.717, 1.165) is 16.4 Å². The van der Waals surface area contributed by atoms with Gasteiger partial charge in [0.25, 0.3) is 0 Å². The summed E-state index contributed by atoms with van der Waals surface area (Å²) in [4.78, 5) is 22.3. The van der Waals surface area contributed by atoms with E-state index in [0.29, 0.717) is 19.5 Å². The number of carbonyl (C=O) groups is 1. The topological polar surface area (TPSA) is 72.1 Å². The third kappa shape index (κ3) is 2.36. The first-order chi connectivity index (χ1) is 9.28. The molecule has 1 amide bonds. The highest BCUT2D eigenvalue weighted by molar-refractivity contribution is 7.14. The highest BCUT2D eigenvalue weighted by Gasteiger charge is 2.31.